The third kappa shape index (κ3) is 3.89. The molecule has 3 aromatic carbocycles. The minimum absolute atomic E-state index is 0.0508. The number of methoxy groups -OCH3 is 1. The van der Waals surface area contributed by atoms with Gasteiger partial charge in [0.15, 0.2) is 16.9 Å². The number of benzene rings is 3. The topological polar surface area (TPSA) is 69.0 Å². The first-order chi connectivity index (χ1) is 16.9. The number of ether oxygens (including phenoxy) is 2. The van der Waals surface area contributed by atoms with E-state index in [1.807, 2.05) is 0 Å². The van der Waals surface area contributed by atoms with E-state index in [0.717, 1.165) is 0 Å². The van der Waals surface area contributed by atoms with Crippen LogP contribution >= 0.6 is 15.9 Å². The first kappa shape index (κ1) is 22.9. The number of nitrogens with zero attached hydrogens (tertiary/aromatic N) is 1. The summed E-state index contributed by atoms with van der Waals surface area (Å²) in [5.74, 6) is -0.0695. The van der Waals surface area contributed by atoms with Crippen LogP contribution in [0, 0.1) is 5.82 Å². The molecule has 4 aromatic rings. The van der Waals surface area contributed by atoms with Crippen molar-refractivity contribution < 1.29 is 23.1 Å². The van der Waals surface area contributed by atoms with Gasteiger partial charge in [0, 0.05) is 10.2 Å². The lowest BCUT2D eigenvalue weighted by Crippen LogP contribution is -2.29. The fraction of sp³-hybridized carbons (Fsp3) is 0.111. The maximum absolute atomic E-state index is 13.7. The van der Waals surface area contributed by atoms with E-state index in [1.54, 1.807) is 42.5 Å². The molecule has 1 atom stereocenters. The normalized spacial score (nSPS) is 14.8. The quantitative estimate of drug-likeness (QED) is 0.282. The second kappa shape index (κ2) is 9.03. The summed E-state index contributed by atoms with van der Waals surface area (Å²) >= 11 is 3.39. The number of hydrogen-bond acceptors (Lipinski definition) is 5. The molecule has 35 heavy (non-hydrogen) atoms. The largest absolute Gasteiger partial charge is 0.493 e. The maximum Gasteiger partial charge on any atom is 0.295 e. The summed E-state index contributed by atoms with van der Waals surface area (Å²) in [7, 11) is 1.50. The highest BCUT2D eigenvalue weighted by molar-refractivity contribution is 9.10. The van der Waals surface area contributed by atoms with Crippen molar-refractivity contribution in [2.75, 3.05) is 18.6 Å². The van der Waals surface area contributed by atoms with E-state index in [-0.39, 0.29) is 23.4 Å². The minimum atomic E-state index is -0.829. The van der Waals surface area contributed by atoms with Gasteiger partial charge in [-0.1, -0.05) is 34.7 Å². The molecule has 0 radical (unpaired) electrons. The molecule has 0 saturated heterocycles. The summed E-state index contributed by atoms with van der Waals surface area (Å²) < 4.78 is 31.5. The molecule has 5 rings (SSSR count). The van der Waals surface area contributed by atoms with Gasteiger partial charge in [0.1, 0.15) is 18.0 Å². The number of carbonyl (C=O) groups is 1. The van der Waals surface area contributed by atoms with Crippen molar-refractivity contribution in [3.05, 3.63) is 111 Å². The lowest BCUT2D eigenvalue weighted by molar-refractivity contribution is 0.0971. The molecule has 1 aromatic heterocycles. The number of rotatable bonds is 6. The van der Waals surface area contributed by atoms with Crippen molar-refractivity contribution in [2.24, 2.45) is 0 Å². The van der Waals surface area contributed by atoms with Gasteiger partial charge < -0.3 is 13.9 Å². The second-order valence-electron chi connectivity index (χ2n) is 7.88. The molecule has 1 aliphatic heterocycles. The molecule has 2 heterocycles. The van der Waals surface area contributed by atoms with Gasteiger partial charge in [0.25, 0.3) is 5.91 Å². The van der Waals surface area contributed by atoms with Gasteiger partial charge >= 0.3 is 0 Å². The van der Waals surface area contributed by atoms with Crippen molar-refractivity contribution in [1.29, 1.82) is 0 Å². The predicted octanol–water partition coefficient (Wildman–Crippen LogP) is 6.02. The highest BCUT2D eigenvalue weighted by Crippen LogP contribution is 2.43. The van der Waals surface area contributed by atoms with E-state index < -0.39 is 17.8 Å². The van der Waals surface area contributed by atoms with Crippen LogP contribution in [-0.2, 0) is 0 Å². The Balaban J connectivity index is 1.76. The van der Waals surface area contributed by atoms with E-state index in [0.29, 0.717) is 38.2 Å². The zero-order valence-electron chi connectivity index (χ0n) is 18.6. The monoisotopic (exact) mass is 535 g/mol. The van der Waals surface area contributed by atoms with Gasteiger partial charge in [0.2, 0.25) is 5.76 Å². The van der Waals surface area contributed by atoms with Gasteiger partial charge in [-0.15, -0.1) is 0 Å². The van der Waals surface area contributed by atoms with Crippen molar-refractivity contribution >= 4 is 38.5 Å². The van der Waals surface area contributed by atoms with Gasteiger partial charge in [-0.3, -0.25) is 14.5 Å². The first-order valence-electron chi connectivity index (χ1n) is 10.7. The molecular weight excluding hydrogens is 517 g/mol. The smallest absolute Gasteiger partial charge is 0.295 e. The average molecular weight is 536 g/mol. The van der Waals surface area contributed by atoms with Crippen LogP contribution in [-0.4, -0.2) is 19.6 Å². The Morgan fingerprint density at radius 3 is 2.57 bits per heavy atom. The Labute approximate surface area is 208 Å². The molecule has 8 heteroatoms. The second-order valence-corrected chi connectivity index (χ2v) is 8.79. The Morgan fingerprint density at radius 1 is 1.09 bits per heavy atom. The van der Waals surface area contributed by atoms with Crippen molar-refractivity contribution in [3.8, 4) is 11.5 Å². The van der Waals surface area contributed by atoms with Crippen molar-refractivity contribution in [1.82, 2.24) is 0 Å². The summed E-state index contributed by atoms with van der Waals surface area (Å²) in [5, 5.41) is 0.342. The van der Waals surface area contributed by atoms with Crippen LogP contribution in [0.15, 0.2) is 87.0 Å². The zero-order valence-corrected chi connectivity index (χ0v) is 20.2. The first-order valence-corrected chi connectivity index (χ1v) is 11.5. The molecular formula is C27H19BrFNO5. The summed E-state index contributed by atoms with van der Waals surface area (Å²) in [5.41, 5.74) is 1.20. The van der Waals surface area contributed by atoms with Crippen LogP contribution in [0.2, 0.25) is 0 Å². The van der Waals surface area contributed by atoms with Gasteiger partial charge in [-0.2, -0.15) is 0 Å². The number of fused-ring (bicyclic) bond motifs is 2. The molecule has 0 spiro atoms. The van der Waals surface area contributed by atoms with Crippen LogP contribution in [0.25, 0.3) is 11.0 Å². The highest BCUT2D eigenvalue weighted by atomic mass is 79.9. The highest BCUT2D eigenvalue weighted by Gasteiger charge is 2.44. The molecule has 0 N–H and O–H groups in total. The molecule has 0 aliphatic carbocycles. The molecule has 0 bridgehead atoms. The Morgan fingerprint density at radius 2 is 1.86 bits per heavy atom. The zero-order chi connectivity index (χ0) is 24.7. The van der Waals surface area contributed by atoms with Crippen LogP contribution in [0.4, 0.5) is 10.1 Å². The third-order valence-corrected chi connectivity index (χ3v) is 6.29. The molecule has 176 valence electrons. The van der Waals surface area contributed by atoms with Crippen LogP contribution < -0.4 is 19.8 Å². The Bertz CT molecular complexity index is 1530. The average Bonchev–Trinajstić information content (AvgIpc) is 3.16. The standard InChI is InChI=1S/C27H19BrFNO5/c1-3-12-34-21-10-4-15(13-22(21)33-2)24-23-25(31)19-14-16(28)5-11-20(19)35-26(23)27(32)30(24)18-8-6-17(29)7-9-18/h3-11,13-14,24H,1,12H2,2H3. The van der Waals surface area contributed by atoms with E-state index in [1.165, 1.54) is 36.3 Å². The van der Waals surface area contributed by atoms with Gasteiger partial charge in [-0.25, -0.2) is 4.39 Å². The number of anilines is 1. The Hall–Kier alpha value is -3.91. The Kier molecular flexibility index (Phi) is 5.90. The number of hydrogen-bond donors (Lipinski definition) is 0. The van der Waals surface area contributed by atoms with E-state index in [9.17, 15) is 14.0 Å². The van der Waals surface area contributed by atoms with E-state index in [4.69, 9.17) is 13.9 Å². The fourth-order valence-corrected chi connectivity index (χ4v) is 4.61. The third-order valence-electron chi connectivity index (χ3n) is 5.80. The van der Waals surface area contributed by atoms with Gasteiger partial charge in [-0.05, 0) is 60.2 Å². The lowest BCUT2D eigenvalue weighted by Gasteiger charge is -2.26. The number of carbonyl (C=O) groups excluding carboxylic acids is 1. The molecule has 0 saturated carbocycles. The SMILES string of the molecule is C=CCOc1ccc(C2c3c(oc4ccc(Br)cc4c3=O)C(=O)N2c2ccc(F)cc2)cc1OC. The molecule has 1 aliphatic rings. The fourth-order valence-electron chi connectivity index (χ4n) is 4.25. The maximum atomic E-state index is 13.7. The minimum Gasteiger partial charge on any atom is -0.493 e. The summed E-state index contributed by atoms with van der Waals surface area (Å²) in [4.78, 5) is 28.8. The van der Waals surface area contributed by atoms with Crippen LogP contribution in [0.3, 0.4) is 0 Å². The molecule has 0 fully saturated rings. The molecule has 1 unspecified atom stereocenters. The summed E-state index contributed by atoms with van der Waals surface area (Å²) in [6.07, 6.45) is 1.62. The van der Waals surface area contributed by atoms with Crippen LogP contribution in [0.5, 0.6) is 11.5 Å². The summed E-state index contributed by atoms with van der Waals surface area (Å²) in [6.45, 7) is 3.93. The molecule has 1 amide bonds. The molecule has 6 nitrogen and oxygen atoms in total. The summed E-state index contributed by atoms with van der Waals surface area (Å²) in [6, 6.07) is 14.9. The number of halogens is 2. The number of amides is 1. The van der Waals surface area contributed by atoms with E-state index >= 15 is 0 Å². The van der Waals surface area contributed by atoms with Crippen LogP contribution in [0.1, 0.15) is 27.7 Å². The van der Waals surface area contributed by atoms with E-state index in [2.05, 4.69) is 22.5 Å². The lowest BCUT2D eigenvalue weighted by atomic mass is 9.97. The van der Waals surface area contributed by atoms with Crippen molar-refractivity contribution in [2.45, 2.75) is 6.04 Å². The van der Waals surface area contributed by atoms with Crippen molar-refractivity contribution in [3.63, 3.8) is 0 Å². The van der Waals surface area contributed by atoms with Gasteiger partial charge in [0.05, 0.1) is 24.1 Å². The predicted molar refractivity (Wildman–Crippen MR) is 134 cm³/mol.